The van der Waals surface area contributed by atoms with Crippen molar-refractivity contribution in [3.05, 3.63) is 23.0 Å². The van der Waals surface area contributed by atoms with Crippen molar-refractivity contribution in [1.82, 2.24) is 4.98 Å². The summed E-state index contributed by atoms with van der Waals surface area (Å²) in [4.78, 5) is 3.29. The molecule has 0 spiro atoms. The Morgan fingerprint density at radius 2 is 2.00 bits per heavy atom. The summed E-state index contributed by atoms with van der Waals surface area (Å²) < 4.78 is 64.9. The van der Waals surface area contributed by atoms with Gasteiger partial charge < -0.3 is 9.84 Å². The second-order valence-corrected chi connectivity index (χ2v) is 3.68. The van der Waals surface area contributed by atoms with Gasteiger partial charge >= 0.3 is 6.36 Å². The molecule has 1 aromatic heterocycles. The monoisotopic (exact) mass is 335 g/mol. The minimum absolute atomic E-state index is 0.112. The molecule has 0 fully saturated rings. The molecular weight excluding hydrogens is 329 g/mol. The van der Waals surface area contributed by atoms with E-state index in [1.54, 1.807) is 0 Å². The summed E-state index contributed by atoms with van der Waals surface area (Å²) in [5.74, 6) is -0.788. The van der Waals surface area contributed by atoms with Gasteiger partial charge in [-0.05, 0) is 11.6 Å². The minimum atomic E-state index is -4.98. The largest absolute Gasteiger partial charge is 0.573 e. The summed E-state index contributed by atoms with van der Waals surface area (Å²) in [5, 5.41) is 8.71. The van der Waals surface area contributed by atoms with Gasteiger partial charge in [-0.3, -0.25) is 0 Å². The van der Waals surface area contributed by atoms with E-state index < -0.39 is 36.5 Å². The van der Waals surface area contributed by atoms with Crippen LogP contribution in [0.4, 0.5) is 22.0 Å². The van der Waals surface area contributed by atoms with E-state index in [0.717, 1.165) is 6.07 Å². The number of halogens is 6. The summed E-state index contributed by atoms with van der Waals surface area (Å²) in [7, 11) is 0. The highest BCUT2D eigenvalue weighted by Gasteiger charge is 2.33. The van der Waals surface area contributed by atoms with E-state index in [9.17, 15) is 22.0 Å². The van der Waals surface area contributed by atoms with Crippen LogP contribution >= 0.6 is 15.9 Å². The van der Waals surface area contributed by atoms with Gasteiger partial charge in [-0.2, -0.15) is 0 Å². The summed E-state index contributed by atoms with van der Waals surface area (Å²) in [5.41, 5.74) is -1.42. The van der Waals surface area contributed by atoms with E-state index in [1.165, 1.54) is 0 Å². The molecule has 1 heterocycles. The Labute approximate surface area is 107 Å². The number of aromatic nitrogens is 1. The first-order chi connectivity index (χ1) is 8.28. The van der Waals surface area contributed by atoms with E-state index in [2.05, 4.69) is 25.7 Å². The first-order valence-corrected chi connectivity index (χ1v) is 5.64. The molecule has 1 rings (SSSR count). The first-order valence-electron chi connectivity index (χ1n) is 4.52. The Hall–Kier alpha value is -0.960. The summed E-state index contributed by atoms with van der Waals surface area (Å²) in [6.45, 7) is -0.937. The number of hydrogen-bond donors (Lipinski definition) is 1. The predicted octanol–water partition coefficient (Wildman–Crippen LogP) is 3.31. The van der Waals surface area contributed by atoms with E-state index in [-0.39, 0.29) is 10.9 Å². The van der Waals surface area contributed by atoms with Crippen LogP contribution in [0.5, 0.6) is 5.75 Å². The third kappa shape index (κ3) is 3.77. The minimum Gasteiger partial charge on any atom is -0.404 e. The Bertz CT molecular complexity index is 424. The van der Waals surface area contributed by atoms with Crippen LogP contribution < -0.4 is 4.74 Å². The van der Waals surface area contributed by atoms with Crippen molar-refractivity contribution in [2.24, 2.45) is 0 Å². The first kappa shape index (κ1) is 15.1. The van der Waals surface area contributed by atoms with Crippen LogP contribution in [-0.4, -0.2) is 16.5 Å². The molecule has 0 atom stereocenters. The number of aliphatic hydroxyl groups excluding tert-OH is 1. The van der Waals surface area contributed by atoms with Crippen LogP contribution in [0.25, 0.3) is 0 Å². The van der Waals surface area contributed by atoms with Gasteiger partial charge in [0.05, 0.1) is 6.61 Å². The number of ether oxygens (including phenoxy) is 1. The van der Waals surface area contributed by atoms with Gasteiger partial charge in [0, 0.05) is 5.33 Å². The van der Waals surface area contributed by atoms with Crippen molar-refractivity contribution >= 4 is 15.9 Å². The van der Waals surface area contributed by atoms with Gasteiger partial charge in [-0.15, -0.1) is 13.2 Å². The lowest BCUT2D eigenvalue weighted by atomic mass is 10.2. The molecule has 1 N–H and O–H groups in total. The molecule has 0 saturated carbocycles. The fourth-order valence-corrected chi connectivity index (χ4v) is 1.66. The highest BCUT2D eigenvalue weighted by Crippen LogP contribution is 2.31. The molecular formula is C9H7BrF5NO2. The SMILES string of the molecule is OCc1nc(C(F)F)c(CBr)cc1OC(F)(F)F. The zero-order valence-electron chi connectivity index (χ0n) is 8.64. The Kier molecular flexibility index (Phi) is 4.85. The standard InChI is InChI=1S/C9H7BrF5NO2/c10-2-4-1-6(18-9(13,14)15)5(3-17)16-7(4)8(11)12/h1,8,17H,2-3H2. The maximum absolute atomic E-state index is 12.6. The molecule has 0 amide bonds. The normalized spacial score (nSPS) is 12.0. The second kappa shape index (κ2) is 5.79. The smallest absolute Gasteiger partial charge is 0.404 e. The van der Waals surface area contributed by atoms with Crippen molar-refractivity contribution in [2.45, 2.75) is 24.7 Å². The van der Waals surface area contributed by atoms with E-state index >= 15 is 0 Å². The summed E-state index contributed by atoms with van der Waals surface area (Å²) in [6, 6.07) is 0.780. The molecule has 0 aromatic carbocycles. The van der Waals surface area contributed by atoms with Crippen LogP contribution in [-0.2, 0) is 11.9 Å². The highest BCUT2D eigenvalue weighted by atomic mass is 79.9. The van der Waals surface area contributed by atoms with Crippen LogP contribution in [0.2, 0.25) is 0 Å². The number of rotatable bonds is 4. The fraction of sp³-hybridized carbons (Fsp3) is 0.444. The molecule has 18 heavy (non-hydrogen) atoms. The average molecular weight is 336 g/mol. The third-order valence-electron chi connectivity index (χ3n) is 1.90. The average Bonchev–Trinajstić information content (AvgIpc) is 2.25. The second-order valence-electron chi connectivity index (χ2n) is 3.12. The van der Waals surface area contributed by atoms with Gasteiger partial charge in [-0.25, -0.2) is 13.8 Å². The van der Waals surface area contributed by atoms with Crippen LogP contribution in [0.1, 0.15) is 23.4 Å². The van der Waals surface area contributed by atoms with E-state index in [0.29, 0.717) is 0 Å². The molecule has 0 saturated heterocycles. The van der Waals surface area contributed by atoms with Crippen molar-refractivity contribution in [3.63, 3.8) is 0 Å². The molecule has 0 unspecified atom stereocenters. The fourth-order valence-electron chi connectivity index (χ4n) is 1.21. The van der Waals surface area contributed by atoms with Gasteiger partial charge in [-0.1, -0.05) is 15.9 Å². The van der Waals surface area contributed by atoms with Crippen LogP contribution in [0.3, 0.4) is 0 Å². The number of nitrogens with zero attached hydrogens (tertiary/aromatic N) is 1. The zero-order chi connectivity index (χ0) is 13.9. The maximum atomic E-state index is 12.6. The Morgan fingerprint density at radius 3 is 2.39 bits per heavy atom. The Morgan fingerprint density at radius 1 is 1.39 bits per heavy atom. The molecule has 1 aromatic rings. The van der Waals surface area contributed by atoms with Gasteiger partial charge in [0.25, 0.3) is 6.43 Å². The Balaban J connectivity index is 3.26. The highest BCUT2D eigenvalue weighted by molar-refractivity contribution is 9.08. The summed E-state index contributed by atoms with van der Waals surface area (Å²) >= 11 is 2.86. The molecule has 0 radical (unpaired) electrons. The van der Waals surface area contributed by atoms with E-state index in [1.807, 2.05) is 0 Å². The van der Waals surface area contributed by atoms with Gasteiger partial charge in [0.1, 0.15) is 11.4 Å². The number of aliphatic hydroxyl groups is 1. The van der Waals surface area contributed by atoms with E-state index in [4.69, 9.17) is 5.11 Å². The zero-order valence-corrected chi connectivity index (χ0v) is 10.2. The van der Waals surface area contributed by atoms with Crippen LogP contribution in [0.15, 0.2) is 6.07 Å². The topological polar surface area (TPSA) is 42.4 Å². The molecule has 3 nitrogen and oxygen atoms in total. The predicted molar refractivity (Wildman–Crippen MR) is 54.4 cm³/mol. The summed E-state index contributed by atoms with van der Waals surface area (Å²) in [6.07, 6.45) is -7.94. The van der Waals surface area contributed by atoms with Gasteiger partial charge in [0.2, 0.25) is 0 Å². The lowest BCUT2D eigenvalue weighted by molar-refractivity contribution is -0.275. The lowest BCUT2D eigenvalue weighted by Crippen LogP contribution is -2.19. The maximum Gasteiger partial charge on any atom is 0.573 e. The van der Waals surface area contributed by atoms with Gasteiger partial charge in [0.15, 0.2) is 5.75 Å². The van der Waals surface area contributed by atoms with Crippen molar-refractivity contribution < 1.29 is 31.8 Å². The number of pyridine rings is 1. The number of alkyl halides is 6. The molecule has 9 heteroatoms. The van der Waals surface area contributed by atoms with Crippen LogP contribution in [0, 0.1) is 0 Å². The molecule has 0 aliphatic heterocycles. The number of hydrogen-bond acceptors (Lipinski definition) is 3. The third-order valence-corrected chi connectivity index (χ3v) is 2.50. The lowest BCUT2D eigenvalue weighted by Gasteiger charge is -2.15. The molecule has 0 aliphatic rings. The van der Waals surface area contributed by atoms with Crippen molar-refractivity contribution in [2.75, 3.05) is 0 Å². The molecule has 0 aliphatic carbocycles. The van der Waals surface area contributed by atoms with Crippen molar-refractivity contribution in [3.8, 4) is 5.75 Å². The quantitative estimate of drug-likeness (QED) is 0.678. The molecule has 0 bridgehead atoms. The molecule has 102 valence electrons. The van der Waals surface area contributed by atoms with Crippen molar-refractivity contribution in [1.29, 1.82) is 0 Å².